The minimum Gasteiger partial charge on any atom is -0.497 e. The highest BCUT2D eigenvalue weighted by molar-refractivity contribution is 7.89. The van der Waals surface area contributed by atoms with Gasteiger partial charge in [-0.25, -0.2) is 8.42 Å². The maximum Gasteiger partial charge on any atom is 0.243 e. The molecule has 2 heterocycles. The van der Waals surface area contributed by atoms with E-state index < -0.39 is 10.0 Å². The summed E-state index contributed by atoms with van der Waals surface area (Å²) in [6.07, 6.45) is 0.748. The smallest absolute Gasteiger partial charge is 0.243 e. The van der Waals surface area contributed by atoms with Crippen molar-refractivity contribution in [3.05, 3.63) is 81.0 Å². The molecule has 1 unspecified atom stereocenters. The molecule has 9 heteroatoms. The summed E-state index contributed by atoms with van der Waals surface area (Å²) in [6.45, 7) is 4.42. The molecule has 2 aromatic carbocycles. The summed E-state index contributed by atoms with van der Waals surface area (Å²) in [4.78, 5) is 16.9. The maximum absolute atomic E-state index is 13.7. The SMILES string of the molecule is COc1ccc(S(=O)(=O)N(CC(=O)N2CCc3sccc3C2c2ccc(Cl)cc2)CC(C)C)cc1. The molecule has 4 rings (SSSR count). The lowest BCUT2D eigenvalue weighted by Gasteiger charge is -2.37. The van der Waals surface area contributed by atoms with Crippen molar-refractivity contribution in [2.45, 2.75) is 31.2 Å². The van der Waals surface area contributed by atoms with Gasteiger partial charge in [-0.15, -0.1) is 11.3 Å². The van der Waals surface area contributed by atoms with E-state index in [9.17, 15) is 13.2 Å². The summed E-state index contributed by atoms with van der Waals surface area (Å²) in [7, 11) is -2.35. The summed E-state index contributed by atoms with van der Waals surface area (Å²) < 4.78 is 33.5. The van der Waals surface area contributed by atoms with Crippen LogP contribution in [0.2, 0.25) is 5.02 Å². The second-order valence-corrected chi connectivity index (χ2v) is 12.3. The average Bonchev–Trinajstić information content (AvgIpc) is 3.32. The van der Waals surface area contributed by atoms with E-state index in [1.165, 1.54) is 28.4 Å². The third kappa shape index (κ3) is 5.56. The van der Waals surface area contributed by atoms with Crippen molar-refractivity contribution in [1.29, 1.82) is 0 Å². The number of fused-ring (bicyclic) bond motifs is 1. The zero-order chi connectivity index (χ0) is 25.2. The number of carbonyl (C=O) groups is 1. The summed E-state index contributed by atoms with van der Waals surface area (Å²) in [5.74, 6) is 0.397. The van der Waals surface area contributed by atoms with Crippen molar-refractivity contribution >= 4 is 38.9 Å². The van der Waals surface area contributed by atoms with E-state index in [2.05, 4.69) is 6.07 Å². The molecule has 0 spiro atoms. The van der Waals surface area contributed by atoms with Crippen LogP contribution in [0.25, 0.3) is 0 Å². The fraction of sp³-hybridized carbons (Fsp3) is 0.346. The van der Waals surface area contributed by atoms with Crippen molar-refractivity contribution in [3.8, 4) is 5.75 Å². The first-order valence-electron chi connectivity index (χ1n) is 11.5. The molecule has 0 fully saturated rings. The molecule has 0 radical (unpaired) electrons. The van der Waals surface area contributed by atoms with Gasteiger partial charge in [-0.3, -0.25) is 4.79 Å². The van der Waals surface area contributed by atoms with Gasteiger partial charge < -0.3 is 9.64 Å². The van der Waals surface area contributed by atoms with Gasteiger partial charge in [0.15, 0.2) is 0 Å². The molecule has 0 saturated carbocycles. The Morgan fingerprint density at radius 3 is 2.46 bits per heavy atom. The highest BCUT2D eigenvalue weighted by Crippen LogP contribution is 2.38. The Balaban J connectivity index is 1.65. The van der Waals surface area contributed by atoms with Gasteiger partial charge in [0.05, 0.1) is 24.6 Å². The topological polar surface area (TPSA) is 66.9 Å². The van der Waals surface area contributed by atoms with Crippen LogP contribution < -0.4 is 4.74 Å². The van der Waals surface area contributed by atoms with Gasteiger partial charge in [-0.05, 0) is 71.3 Å². The first-order valence-corrected chi connectivity index (χ1v) is 14.2. The van der Waals surface area contributed by atoms with Crippen LogP contribution in [0.3, 0.4) is 0 Å². The lowest BCUT2D eigenvalue weighted by atomic mass is 9.93. The number of amides is 1. The maximum atomic E-state index is 13.7. The Kier molecular flexibility index (Phi) is 7.86. The Morgan fingerprint density at radius 2 is 1.83 bits per heavy atom. The van der Waals surface area contributed by atoms with Crippen molar-refractivity contribution in [2.75, 3.05) is 26.7 Å². The molecule has 0 aliphatic carbocycles. The highest BCUT2D eigenvalue weighted by atomic mass is 35.5. The molecular weight excluding hydrogens is 504 g/mol. The van der Waals surface area contributed by atoms with Gasteiger partial charge in [0.1, 0.15) is 5.75 Å². The Labute approximate surface area is 216 Å². The largest absolute Gasteiger partial charge is 0.497 e. The van der Waals surface area contributed by atoms with E-state index in [4.69, 9.17) is 16.3 Å². The Bertz CT molecular complexity index is 1270. The monoisotopic (exact) mass is 532 g/mol. The van der Waals surface area contributed by atoms with Crippen molar-refractivity contribution in [1.82, 2.24) is 9.21 Å². The van der Waals surface area contributed by atoms with Gasteiger partial charge in [-0.1, -0.05) is 37.6 Å². The Hall–Kier alpha value is -2.39. The van der Waals surface area contributed by atoms with Crippen LogP contribution in [0.4, 0.5) is 0 Å². The molecule has 186 valence electrons. The first-order chi connectivity index (χ1) is 16.7. The molecule has 0 saturated heterocycles. The van der Waals surface area contributed by atoms with Gasteiger partial charge in [0, 0.05) is 23.0 Å². The first kappa shape index (κ1) is 25.7. The normalized spacial score (nSPS) is 15.9. The van der Waals surface area contributed by atoms with Crippen LogP contribution in [-0.4, -0.2) is 50.3 Å². The number of rotatable bonds is 8. The molecule has 1 aliphatic rings. The van der Waals surface area contributed by atoms with E-state index >= 15 is 0 Å². The van der Waals surface area contributed by atoms with Crippen LogP contribution in [-0.2, 0) is 21.2 Å². The fourth-order valence-corrected chi connectivity index (χ4v) is 6.97. The number of halogens is 1. The van der Waals surface area contributed by atoms with Gasteiger partial charge >= 0.3 is 0 Å². The number of nitrogens with zero attached hydrogens (tertiary/aromatic N) is 2. The van der Waals surface area contributed by atoms with Gasteiger partial charge in [0.2, 0.25) is 15.9 Å². The highest BCUT2D eigenvalue weighted by Gasteiger charge is 2.35. The van der Waals surface area contributed by atoms with E-state index in [-0.39, 0.29) is 35.9 Å². The molecule has 1 amide bonds. The second kappa shape index (κ2) is 10.7. The Morgan fingerprint density at radius 1 is 1.14 bits per heavy atom. The number of carbonyl (C=O) groups excluding carboxylic acids is 1. The van der Waals surface area contributed by atoms with Crippen molar-refractivity contribution in [2.24, 2.45) is 5.92 Å². The summed E-state index contributed by atoms with van der Waals surface area (Å²) in [6, 6.07) is 15.5. The van der Waals surface area contributed by atoms with Gasteiger partial charge in [-0.2, -0.15) is 4.31 Å². The van der Waals surface area contributed by atoms with Crippen LogP contribution in [0, 0.1) is 5.92 Å². The summed E-state index contributed by atoms with van der Waals surface area (Å²) in [5.41, 5.74) is 2.04. The van der Waals surface area contributed by atoms with Crippen LogP contribution in [0.1, 0.15) is 35.9 Å². The molecule has 1 aromatic heterocycles. The zero-order valence-corrected chi connectivity index (χ0v) is 22.4. The number of benzene rings is 2. The van der Waals surface area contributed by atoms with E-state index in [0.29, 0.717) is 17.3 Å². The zero-order valence-electron chi connectivity index (χ0n) is 20.0. The minimum atomic E-state index is -3.88. The molecule has 1 aliphatic heterocycles. The number of hydrogen-bond donors (Lipinski definition) is 0. The number of ether oxygens (including phenoxy) is 1. The standard InChI is InChI=1S/C26H29ClN2O4S2/c1-18(2)16-28(35(31,32)22-10-8-21(33-3)9-11-22)17-25(30)29-14-12-24-23(13-15-34-24)26(29)19-4-6-20(27)7-5-19/h4-11,13,15,18,26H,12,14,16-17H2,1-3H3. The number of sulfonamides is 1. The van der Waals surface area contributed by atoms with E-state index in [1.807, 2.05) is 43.5 Å². The minimum absolute atomic E-state index is 0.0488. The number of hydrogen-bond acceptors (Lipinski definition) is 5. The van der Waals surface area contributed by atoms with E-state index in [0.717, 1.165) is 17.5 Å². The summed E-state index contributed by atoms with van der Waals surface area (Å²) in [5, 5.41) is 2.67. The molecular formula is C26H29ClN2O4S2. The molecule has 0 N–H and O–H groups in total. The predicted octanol–water partition coefficient (Wildman–Crippen LogP) is 5.23. The van der Waals surface area contributed by atoms with E-state index in [1.54, 1.807) is 28.4 Å². The van der Waals surface area contributed by atoms with Crippen molar-refractivity contribution < 1.29 is 17.9 Å². The van der Waals surface area contributed by atoms with Gasteiger partial charge in [0.25, 0.3) is 0 Å². The average molecular weight is 533 g/mol. The second-order valence-electron chi connectivity index (χ2n) is 8.96. The fourth-order valence-electron chi connectivity index (χ4n) is 4.38. The summed E-state index contributed by atoms with van der Waals surface area (Å²) >= 11 is 7.80. The lowest BCUT2D eigenvalue weighted by Crippen LogP contribution is -2.47. The third-order valence-electron chi connectivity index (χ3n) is 6.05. The third-order valence-corrected chi connectivity index (χ3v) is 9.12. The molecule has 0 bridgehead atoms. The lowest BCUT2D eigenvalue weighted by molar-refractivity contribution is -0.133. The number of methoxy groups -OCH3 is 1. The predicted molar refractivity (Wildman–Crippen MR) is 140 cm³/mol. The van der Waals surface area contributed by atoms with Crippen molar-refractivity contribution in [3.63, 3.8) is 0 Å². The van der Waals surface area contributed by atoms with Crippen LogP contribution in [0.5, 0.6) is 5.75 Å². The molecule has 3 aromatic rings. The molecule has 6 nitrogen and oxygen atoms in total. The van der Waals surface area contributed by atoms with Crippen LogP contribution >= 0.6 is 22.9 Å². The molecule has 1 atom stereocenters. The quantitative estimate of drug-likeness (QED) is 0.398. The molecule has 35 heavy (non-hydrogen) atoms. The van der Waals surface area contributed by atoms with Crippen LogP contribution in [0.15, 0.2) is 64.9 Å². The number of thiophene rings is 1.